The third-order valence-corrected chi connectivity index (χ3v) is 4.34. The molecule has 0 bridgehead atoms. The van der Waals surface area contributed by atoms with E-state index in [1.165, 1.54) is 12.4 Å². The van der Waals surface area contributed by atoms with Crippen LogP contribution in [0.3, 0.4) is 0 Å². The van der Waals surface area contributed by atoms with Gasteiger partial charge in [0.2, 0.25) is 5.91 Å². The van der Waals surface area contributed by atoms with Crippen LogP contribution in [0.25, 0.3) is 11.0 Å². The molecule has 0 unspecified atom stereocenters. The van der Waals surface area contributed by atoms with Gasteiger partial charge in [0, 0.05) is 18.8 Å². The number of piperidine rings is 1. The van der Waals surface area contributed by atoms with Gasteiger partial charge in [0.25, 0.3) is 6.47 Å². The lowest BCUT2D eigenvalue weighted by Crippen LogP contribution is -2.54. The molecule has 1 saturated heterocycles. The van der Waals surface area contributed by atoms with Crippen LogP contribution in [-0.4, -0.2) is 67.2 Å². The Morgan fingerprint density at radius 1 is 1.50 bits per heavy atom. The van der Waals surface area contributed by atoms with Gasteiger partial charge in [-0.05, 0) is 31.9 Å². The van der Waals surface area contributed by atoms with E-state index in [4.69, 9.17) is 9.90 Å². The summed E-state index contributed by atoms with van der Waals surface area (Å²) in [6, 6.07) is 1.82. The molecular weight excluding hydrogens is 338 g/mol. The maximum atomic E-state index is 12.1. The van der Waals surface area contributed by atoms with Crippen molar-refractivity contribution >= 4 is 29.2 Å². The maximum Gasteiger partial charge on any atom is 0.290 e. The molecule has 26 heavy (non-hydrogen) atoms. The van der Waals surface area contributed by atoms with E-state index in [0.29, 0.717) is 6.54 Å². The molecule has 1 amide bonds. The van der Waals surface area contributed by atoms with Crippen molar-refractivity contribution in [2.24, 2.45) is 0 Å². The number of nitrogens with one attached hydrogen (secondary N) is 2. The van der Waals surface area contributed by atoms with Gasteiger partial charge in [0.1, 0.15) is 17.8 Å². The van der Waals surface area contributed by atoms with E-state index in [9.17, 15) is 9.90 Å². The Hall–Kier alpha value is -2.94. The summed E-state index contributed by atoms with van der Waals surface area (Å²) in [5, 5.41) is 21.1. The number of carbonyl (C=O) groups excluding carboxylic acids is 1. The summed E-state index contributed by atoms with van der Waals surface area (Å²) in [5.74, 6) is 0.597. The van der Waals surface area contributed by atoms with Crippen LogP contribution in [-0.2, 0) is 9.59 Å². The largest absolute Gasteiger partial charge is 0.483 e. The van der Waals surface area contributed by atoms with Crippen LogP contribution < -0.4 is 5.32 Å². The van der Waals surface area contributed by atoms with E-state index in [0.717, 1.165) is 29.7 Å². The van der Waals surface area contributed by atoms with Gasteiger partial charge in [-0.3, -0.25) is 9.59 Å². The van der Waals surface area contributed by atoms with E-state index >= 15 is 0 Å². The smallest absolute Gasteiger partial charge is 0.290 e. The average molecular weight is 361 g/mol. The number of aromatic amines is 1. The zero-order valence-corrected chi connectivity index (χ0v) is 14.5. The Balaban J connectivity index is 0.000000758. The number of aliphatic hydroxyl groups excluding tert-OH is 1. The van der Waals surface area contributed by atoms with Gasteiger partial charge in [-0.2, -0.15) is 0 Å². The van der Waals surface area contributed by atoms with Crippen LogP contribution in [0.2, 0.25) is 0 Å². The van der Waals surface area contributed by atoms with Crippen LogP contribution in [0.15, 0.2) is 31.2 Å². The van der Waals surface area contributed by atoms with Gasteiger partial charge >= 0.3 is 0 Å². The minimum absolute atomic E-state index is 0.0712. The number of likely N-dealkylation sites (tertiary alicyclic amines) is 1. The molecule has 1 aliphatic rings. The Morgan fingerprint density at radius 3 is 2.88 bits per heavy atom. The molecule has 4 N–H and O–H groups in total. The van der Waals surface area contributed by atoms with Crippen molar-refractivity contribution < 1.29 is 19.8 Å². The second-order valence-electron chi connectivity index (χ2n) is 5.99. The Morgan fingerprint density at radius 2 is 2.23 bits per heavy atom. The van der Waals surface area contributed by atoms with Crippen molar-refractivity contribution in [2.75, 3.05) is 11.9 Å². The number of amides is 1. The molecule has 140 valence electrons. The predicted octanol–water partition coefficient (Wildman–Crippen LogP) is 0.997. The quantitative estimate of drug-likeness (QED) is 0.472. The van der Waals surface area contributed by atoms with Crippen LogP contribution >= 0.6 is 0 Å². The predicted molar refractivity (Wildman–Crippen MR) is 96.6 cm³/mol. The number of carboxylic acid groups (broad SMARTS) is 1. The van der Waals surface area contributed by atoms with Gasteiger partial charge in [-0.15, -0.1) is 0 Å². The van der Waals surface area contributed by atoms with Crippen molar-refractivity contribution in [3.05, 3.63) is 31.2 Å². The minimum Gasteiger partial charge on any atom is -0.483 e. The number of nitrogens with zero attached hydrogens (tertiary/aromatic N) is 3. The fraction of sp³-hybridized carbons (Fsp3) is 0.412. The fourth-order valence-corrected chi connectivity index (χ4v) is 3.16. The number of rotatable bonds is 4. The van der Waals surface area contributed by atoms with Crippen molar-refractivity contribution in [2.45, 2.75) is 38.0 Å². The standard InChI is InChI=1S/C16H21N5O2.CH2O2/c1-3-14(23)21-8-11(4-5-13(21)10(2)22)20-16-12-6-7-17-15(12)18-9-19-16;2-1-3/h3,6-7,9-11,13,22H,1,4-5,8H2,2H3,(H2,17,18,19,20);1H,(H,2,3)/t10-,11+,13-;/m1./s1. The highest BCUT2D eigenvalue weighted by Gasteiger charge is 2.33. The van der Waals surface area contributed by atoms with Gasteiger partial charge < -0.3 is 25.4 Å². The van der Waals surface area contributed by atoms with Crippen LogP contribution in [0.4, 0.5) is 5.82 Å². The van der Waals surface area contributed by atoms with E-state index in [-0.39, 0.29) is 24.5 Å². The second kappa shape index (κ2) is 8.95. The first-order chi connectivity index (χ1) is 12.5. The molecule has 2 aromatic heterocycles. The molecule has 0 radical (unpaired) electrons. The minimum atomic E-state index is -0.560. The average Bonchev–Trinajstić information content (AvgIpc) is 3.11. The summed E-state index contributed by atoms with van der Waals surface area (Å²) in [7, 11) is 0. The Labute approximate surface area is 150 Å². The number of fused-ring (bicyclic) bond motifs is 1. The molecule has 0 aromatic carbocycles. The van der Waals surface area contributed by atoms with Crippen LogP contribution in [0, 0.1) is 0 Å². The zero-order chi connectivity index (χ0) is 19.1. The van der Waals surface area contributed by atoms with Crippen molar-refractivity contribution in [3.8, 4) is 0 Å². The summed E-state index contributed by atoms with van der Waals surface area (Å²) in [6.07, 6.45) is 5.66. The Bertz CT molecular complexity index is 760. The fourth-order valence-electron chi connectivity index (χ4n) is 3.16. The number of H-pyrrole nitrogens is 1. The number of carbonyl (C=O) groups is 2. The lowest BCUT2D eigenvalue weighted by Gasteiger charge is -2.41. The summed E-state index contributed by atoms with van der Waals surface area (Å²) in [4.78, 5) is 33.7. The molecule has 2 aromatic rings. The number of anilines is 1. The maximum absolute atomic E-state index is 12.1. The monoisotopic (exact) mass is 361 g/mol. The topological polar surface area (TPSA) is 131 Å². The molecule has 0 saturated carbocycles. The van der Waals surface area contributed by atoms with Crippen LogP contribution in [0.1, 0.15) is 19.8 Å². The normalized spacial score (nSPS) is 20.6. The lowest BCUT2D eigenvalue weighted by atomic mass is 9.94. The van der Waals surface area contributed by atoms with E-state index in [1.807, 2.05) is 12.3 Å². The zero-order valence-electron chi connectivity index (χ0n) is 14.5. The highest BCUT2D eigenvalue weighted by atomic mass is 16.3. The highest BCUT2D eigenvalue weighted by molar-refractivity contribution is 5.88. The van der Waals surface area contributed by atoms with Gasteiger partial charge in [-0.25, -0.2) is 9.97 Å². The summed E-state index contributed by atoms with van der Waals surface area (Å²) in [5.41, 5.74) is 0.777. The molecule has 9 heteroatoms. The SMILES string of the molecule is C=CC(=O)N1C[C@@H](Nc2ncnc3[nH]ccc23)CC[C@@H]1[C@@H](C)O.O=CO. The lowest BCUT2D eigenvalue weighted by molar-refractivity contribution is -0.132. The number of hydrogen-bond acceptors (Lipinski definition) is 6. The van der Waals surface area contributed by atoms with E-state index in [2.05, 4.69) is 26.8 Å². The van der Waals surface area contributed by atoms with Gasteiger partial charge in [-0.1, -0.05) is 6.58 Å². The molecule has 9 nitrogen and oxygen atoms in total. The third kappa shape index (κ3) is 4.37. The van der Waals surface area contributed by atoms with Crippen molar-refractivity contribution in [3.63, 3.8) is 0 Å². The molecule has 3 atom stereocenters. The van der Waals surface area contributed by atoms with Crippen molar-refractivity contribution in [1.29, 1.82) is 0 Å². The Kier molecular flexibility index (Phi) is 6.67. The first-order valence-corrected chi connectivity index (χ1v) is 8.25. The molecule has 1 fully saturated rings. The summed E-state index contributed by atoms with van der Waals surface area (Å²) in [6.45, 7) is 5.53. The molecule has 0 aliphatic carbocycles. The molecule has 1 aliphatic heterocycles. The summed E-state index contributed by atoms with van der Waals surface area (Å²) < 4.78 is 0. The number of hydrogen-bond donors (Lipinski definition) is 4. The van der Waals surface area contributed by atoms with Crippen molar-refractivity contribution in [1.82, 2.24) is 19.9 Å². The highest BCUT2D eigenvalue weighted by Crippen LogP contribution is 2.25. The second-order valence-corrected chi connectivity index (χ2v) is 5.99. The molecular formula is C17H23N5O4. The number of aliphatic hydroxyl groups is 1. The van der Waals surface area contributed by atoms with Gasteiger partial charge in [0.15, 0.2) is 0 Å². The van der Waals surface area contributed by atoms with Gasteiger partial charge in [0.05, 0.1) is 17.5 Å². The first kappa shape index (κ1) is 19.4. The molecule has 0 spiro atoms. The number of aromatic nitrogens is 3. The van der Waals surface area contributed by atoms with Crippen LogP contribution in [0.5, 0.6) is 0 Å². The first-order valence-electron chi connectivity index (χ1n) is 8.25. The van der Waals surface area contributed by atoms with E-state index < -0.39 is 6.10 Å². The molecule has 3 heterocycles. The molecule has 3 rings (SSSR count). The third-order valence-electron chi connectivity index (χ3n) is 4.34. The summed E-state index contributed by atoms with van der Waals surface area (Å²) >= 11 is 0. The van der Waals surface area contributed by atoms with E-state index in [1.54, 1.807) is 11.8 Å².